The van der Waals surface area contributed by atoms with E-state index < -0.39 is 6.80 Å². The van der Waals surface area contributed by atoms with Crippen molar-refractivity contribution in [1.82, 2.24) is 0 Å². The largest absolute Gasteiger partial charge is 0.490 e. The minimum Gasteiger partial charge on any atom is -0.490 e. The van der Waals surface area contributed by atoms with E-state index in [0.29, 0.717) is 5.75 Å². The molecule has 1 aromatic rings. The molecule has 0 amide bonds. The first-order chi connectivity index (χ1) is 11.8. The fourth-order valence-electron chi connectivity index (χ4n) is 1.75. The van der Waals surface area contributed by atoms with Crippen LogP contribution in [0.3, 0.4) is 0 Å². The first-order valence-electron chi connectivity index (χ1n) is 8.25. The molecule has 0 fully saturated rings. The maximum absolute atomic E-state index is 12.6. The van der Waals surface area contributed by atoms with Crippen LogP contribution in [0.5, 0.6) is 5.75 Å². The molecule has 0 N–H and O–H groups in total. The zero-order valence-corrected chi connectivity index (χ0v) is 16.9. The highest BCUT2D eigenvalue weighted by Gasteiger charge is 2.28. The fraction of sp³-hybridized carbons (Fsp3) is 0.588. The number of esters is 1. The highest BCUT2D eigenvalue weighted by atomic mass is 32.7. The van der Waals surface area contributed by atoms with Crippen molar-refractivity contribution >= 4 is 24.1 Å². The van der Waals surface area contributed by atoms with Gasteiger partial charge in [0.2, 0.25) is 0 Å². The van der Waals surface area contributed by atoms with Gasteiger partial charge in [-0.15, -0.1) is 0 Å². The van der Waals surface area contributed by atoms with Gasteiger partial charge in [0.25, 0.3) is 0 Å². The maximum atomic E-state index is 12.6. The summed E-state index contributed by atoms with van der Waals surface area (Å²) in [5, 5.41) is 0. The number of hydrogen-bond acceptors (Lipinski definition) is 7. The number of carbonyl (C=O) groups is 1. The Labute approximate surface area is 153 Å². The summed E-state index contributed by atoms with van der Waals surface area (Å²) in [6.45, 7) is 4.34. The lowest BCUT2D eigenvalue weighted by Gasteiger charge is -2.21. The Morgan fingerprint density at radius 1 is 1.04 bits per heavy atom. The van der Waals surface area contributed by atoms with E-state index in [4.69, 9.17) is 18.5 Å². The van der Waals surface area contributed by atoms with Crippen LogP contribution in [0.15, 0.2) is 30.3 Å². The SMILES string of the molecule is CC(C)OP(=O)(OC(C)C)SCCC(=O)OCCOc1ccccc1. The highest BCUT2D eigenvalue weighted by molar-refractivity contribution is 8.55. The van der Waals surface area contributed by atoms with E-state index in [1.807, 2.05) is 30.3 Å². The van der Waals surface area contributed by atoms with Gasteiger partial charge in [-0.2, -0.15) is 0 Å². The molecule has 25 heavy (non-hydrogen) atoms. The van der Waals surface area contributed by atoms with Gasteiger partial charge in [0.1, 0.15) is 19.0 Å². The van der Waals surface area contributed by atoms with Gasteiger partial charge in [0, 0.05) is 5.75 Å². The normalized spacial score (nSPS) is 11.8. The molecule has 0 saturated heterocycles. The highest BCUT2D eigenvalue weighted by Crippen LogP contribution is 2.62. The van der Waals surface area contributed by atoms with E-state index in [0.717, 1.165) is 17.1 Å². The van der Waals surface area contributed by atoms with Gasteiger partial charge in [0.05, 0.1) is 18.6 Å². The minimum atomic E-state index is -3.28. The summed E-state index contributed by atoms with van der Waals surface area (Å²) in [6.07, 6.45) is -0.318. The Morgan fingerprint density at radius 2 is 1.64 bits per heavy atom. The molecule has 8 heteroatoms. The molecule has 0 heterocycles. The Balaban J connectivity index is 2.24. The van der Waals surface area contributed by atoms with Crippen LogP contribution in [0.1, 0.15) is 34.1 Å². The van der Waals surface area contributed by atoms with Crippen molar-refractivity contribution < 1.29 is 27.9 Å². The molecular weight excluding hydrogens is 363 g/mol. The van der Waals surface area contributed by atoms with Crippen molar-refractivity contribution in [3.8, 4) is 5.75 Å². The second-order valence-electron chi connectivity index (χ2n) is 5.72. The Morgan fingerprint density at radius 3 is 2.20 bits per heavy atom. The average Bonchev–Trinajstić information content (AvgIpc) is 2.51. The van der Waals surface area contributed by atoms with Crippen LogP contribution < -0.4 is 4.74 Å². The molecule has 1 aromatic carbocycles. The zero-order chi connectivity index (χ0) is 18.7. The van der Waals surface area contributed by atoms with Crippen LogP contribution in [0.25, 0.3) is 0 Å². The van der Waals surface area contributed by atoms with Crippen LogP contribution >= 0.6 is 18.2 Å². The summed E-state index contributed by atoms with van der Waals surface area (Å²) < 4.78 is 33.9. The van der Waals surface area contributed by atoms with Crippen LogP contribution in [-0.4, -0.2) is 37.1 Å². The smallest absolute Gasteiger partial charge is 0.389 e. The fourth-order valence-corrected chi connectivity index (χ4v) is 5.78. The number of hydrogen-bond donors (Lipinski definition) is 0. The van der Waals surface area contributed by atoms with Gasteiger partial charge in [-0.3, -0.25) is 13.8 Å². The van der Waals surface area contributed by atoms with Crippen LogP contribution in [0, 0.1) is 0 Å². The molecule has 142 valence electrons. The third kappa shape index (κ3) is 10.5. The maximum Gasteiger partial charge on any atom is 0.389 e. The van der Waals surface area contributed by atoms with Crippen LogP contribution in [0.2, 0.25) is 0 Å². The molecule has 0 aromatic heterocycles. The minimum absolute atomic E-state index is 0.128. The van der Waals surface area contributed by atoms with Crippen molar-refractivity contribution in [2.75, 3.05) is 19.0 Å². The lowest BCUT2D eigenvalue weighted by Crippen LogP contribution is -2.13. The van der Waals surface area contributed by atoms with Gasteiger partial charge in [0.15, 0.2) is 0 Å². The van der Waals surface area contributed by atoms with Gasteiger partial charge >= 0.3 is 12.8 Å². The molecule has 0 bridgehead atoms. The predicted octanol–water partition coefficient (Wildman–Crippen LogP) is 4.69. The number of rotatable bonds is 12. The topological polar surface area (TPSA) is 71.1 Å². The first-order valence-corrected chi connectivity index (χ1v) is 11.4. The number of carbonyl (C=O) groups excluding carboxylic acids is 1. The number of para-hydroxylation sites is 1. The Kier molecular flexibility index (Phi) is 10.2. The molecule has 6 nitrogen and oxygen atoms in total. The summed E-state index contributed by atoms with van der Waals surface area (Å²) in [7, 11) is 0. The molecule has 0 spiro atoms. The molecule has 0 unspecified atom stereocenters. The molecule has 0 aliphatic carbocycles. The standard InChI is InChI=1S/C17H27O6PS/c1-14(2)22-24(19,23-15(3)4)25-13-10-17(18)21-12-11-20-16-8-6-5-7-9-16/h5-9,14-15H,10-13H2,1-4H3. The molecule has 0 saturated carbocycles. The van der Waals surface area contributed by atoms with E-state index in [2.05, 4.69) is 0 Å². The Bertz CT molecular complexity index is 535. The van der Waals surface area contributed by atoms with Crippen molar-refractivity contribution in [1.29, 1.82) is 0 Å². The molecule has 0 aliphatic heterocycles. The first kappa shape index (κ1) is 22.0. The van der Waals surface area contributed by atoms with Crippen molar-refractivity contribution in [3.05, 3.63) is 30.3 Å². The van der Waals surface area contributed by atoms with E-state index in [-0.39, 0.29) is 37.8 Å². The summed E-state index contributed by atoms with van der Waals surface area (Å²) in [4.78, 5) is 11.7. The lowest BCUT2D eigenvalue weighted by molar-refractivity contribution is -0.143. The summed E-state index contributed by atoms with van der Waals surface area (Å²) in [6, 6.07) is 9.30. The van der Waals surface area contributed by atoms with Gasteiger partial charge in [-0.25, -0.2) is 4.57 Å². The number of benzene rings is 1. The molecule has 0 aliphatic rings. The monoisotopic (exact) mass is 390 g/mol. The number of ether oxygens (including phenoxy) is 2. The zero-order valence-electron chi connectivity index (χ0n) is 15.2. The second kappa shape index (κ2) is 11.6. The van der Waals surface area contributed by atoms with Gasteiger partial charge < -0.3 is 9.47 Å². The molecule has 0 radical (unpaired) electrons. The van der Waals surface area contributed by atoms with Gasteiger partial charge in [-0.05, 0) is 51.2 Å². The molecule has 1 rings (SSSR count). The summed E-state index contributed by atoms with van der Waals surface area (Å²) >= 11 is 1.02. The van der Waals surface area contributed by atoms with E-state index in [1.54, 1.807) is 27.7 Å². The molecular formula is C17H27O6PS. The summed E-state index contributed by atoms with van der Waals surface area (Å²) in [5.41, 5.74) is 0. The third-order valence-corrected chi connectivity index (χ3v) is 6.67. The predicted molar refractivity (Wildman–Crippen MR) is 100 cm³/mol. The molecule has 0 atom stereocenters. The lowest BCUT2D eigenvalue weighted by atomic mass is 10.3. The second-order valence-corrected chi connectivity index (χ2v) is 9.82. The third-order valence-electron chi connectivity index (χ3n) is 2.59. The van der Waals surface area contributed by atoms with Crippen molar-refractivity contribution in [3.63, 3.8) is 0 Å². The van der Waals surface area contributed by atoms with E-state index in [1.165, 1.54) is 0 Å². The van der Waals surface area contributed by atoms with Crippen molar-refractivity contribution in [2.45, 2.75) is 46.3 Å². The van der Waals surface area contributed by atoms with E-state index in [9.17, 15) is 9.36 Å². The quantitative estimate of drug-likeness (QED) is 0.291. The van der Waals surface area contributed by atoms with Crippen molar-refractivity contribution in [2.24, 2.45) is 0 Å². The summed E-state index contributed by atoms with van der Waals surface area (Å²) in [5.74, 6) is 0.659. The van der Waals surface area contributed by atoms with Crippen LogP contribution in [0.4, 0.5) is 0 Å². The average molecular weight is 390 g/mol. The van der Waals surface area contributed by atoms with Crippen LogP contribution in [-0.2, 0) is 23.1 Å². The van der Waals surface area contributed by atoms with Gasteiger partial charge in [-0.1, -0.05) is 18.2 Å². The Hall–Kier alpha value is -1.01. The van der Waals surface area contributed by atoms with E-state index >= 15 is 0 Å².